The summed E-state index contributed by atoms with van der Waals surface area (Å²) >= 11 is 0. The number of rotatable bonds is 2. The van der Waals surface area contributed by atoms with Crippen LogP contribution in [-0.4, -0.2) is 18.0 Å². The molecule has 0 N–H and O–H groups in total. The molecule has 1 saturated heterocycles. The molecule has 1 aromatic rings. The number of nitro groups is 1. The van der Waals surface area contributed by atoms with E-state index in [2.05, 4.69) is 6.07 Å². The van der Waals surface area contributed by atoms with E-state index in [1.807, 2.05) is 4.90 Å². The predicted molar refractivity (Wildman–Crippen MR) is 59.3 cm³/mol. The highest BCUT2D eigenvalue weighted by Crippen LogP contribution is 2.28. The van der Waals surface area contributed by atoms with Crippen LogP contribution in [0.5, 0.6) is 0 Å². The second-order valence-electron chi connectivity index (χ2n) is 3.76. The first kappa shape index (κ1) is 10.4. The first-order valence-electron chi connectivity index (χ1n) is 5.16. The molecule has 0 aromatic heterocycles. The van der Waals surface area contributed by atoms with Crippen molar-refractivity contribution in [3.8, 4) is 6.07 Å². The standard InChI is InChI=1S/C11H11N3O2/c12-8-9-3-4-10(14(15)16)7-11(9)13-5-1-2-6-13/h3-4,7H,1-2,5-6H2. The van der Waals surface area contributed by atoms with Crippen LogP contribution >= 0.6 is 0 Å². The van der Waals surface area contributed by atoms with Gasteiger partial charge < -0.3 is 4.90 Å². The highest BCUT2D eigenvalue weighted by Gasteiger charge is 2.18. The lowest BCUT2D eigenvalue weighted by molar-refractivity contribution is -0.384. The minimum Gasteiger partial charge on any atom is -0.370 e. The van der Waals surface area contributed by atoms with Crippen molar-refractivity contribution < 1.29 is 4.92 Å². The molecule has 1 fully saturated rings. The summed E-state index contributed by atoms with van der Waals surface area (Å²) in [6.45, 7) is 1.74. The molecule has 1 aliphatic rings. The molecule has 0 atom stereocenters. The summed E-state index contributed by atoms with van der Waals surface area (Å²) in [6, 6.07) is 6.46. The summed E-state index contributed by atoms with van der Waals surface area (Å²) in [5, 5.41) is 19.6. The van der Waals surface area contributed by atoms with E-state index >= 15 is 0 Å². The van der Waals surface area contributed by atoms with Gasteiger partial charge in [-0.1, -0.05) is 0 Å². The van der Waals surface area contributed by atoms with Gasteiger partial charge in [0.05, 0.1) is 16.2 Å². The van der Waals surface area contributed by atoms with Gasteiger partial charge in [0.1, 0.15) is 6.07 Å². The van der Waals surface area contributed by atoms with Gasteiger partial charge in [0, 0.05) is 25.2 Å². The Labute approximate surface area is 93.1 Å². The van der Waals surface area contributed by atoms with Gasteiger partial charge in [-0.05, 0) is 18.9 Å². The van der Waals surface area contributed by atoms with Crippen molar-refractivity contribution >= 4 is 11.4 Å². The lowest BCUT2D eigenvalue weighted by Gasteiger charge is -2.18. The summed E-state index contributed by atoms with van der Waals surface area (Å²) in [4.78, 5) is 12.3. The van der Waals surface area contributed by atoms with Gasteiger partial charge >= 0.3 is 0 Å². The first-order valence-corrected chi connectivity index (χ1v) is 5.16. The zero-order valence-electron chi connectivity index (χ0n) is 8.72. The second-order valence-corrected chi connectivity index (χ2v) is 3.76. The highest BCUT2D eigenvalue weighted by atomic mass is 16.6. The molecule has 2 rings (SSSR count). The third-order valence-electron chi connectivity index (χ3n) is 2.76. The molecule has 0 bridgehead atoms. The van der Waals surface area contributed by atoms with Gasteiger partial charge in [-0.15, -0.1) is 0 Å². The third kappa shape index (κ3) is 1.82. The lowest BCUT2D eigenvalue weighted by Crippen LogP contribution is -2.18. The molecule has 5 heteroatoms. The fourth-order valence-electron chi connectivity index (χ4n) is 1.95. The maximum absolute atomic E-state index is 10.7. The Morgan fingerprint density at radius 2 is 2.06 bits per heavy atom. The molecule has 1 aliphatic heterocycles. The smallest absolute Gasteiger partial charge is 0.271 e. The zero-order valence-corrected chi connectivity index (χ0v) is 8.72. The summed E-state index contributed by atoms with van der Waals surface area (Å²) in [6.07, 6.45) is 2.15. The molecule has 0 spiro atoms. The molecule has 0 saturated carbocycles. The van der Waals surface area contributed by atoms with E-state index in [4.69, 9.17) is 5.26 Å². The van der Waals surface area contributed by atoms with Crippen LogP contribution in [0.4, 0.5) is 11.4 Å². The molecular formula is C11H11N3O2. The van der Waals surface area contributed by atoms with Crippen molar-refractivity contribution in [3.05, 3.63) is 33.9 Å². The Hall–Kier alpha value is -2.09. The fourth-order valence-corrected chi connectivity index (χ4v) is 1.95. The Morgan fingerprint density at radius 1 is 1.38 bits per heavy atom. The van der Waals surface area contributed by atoms with Crippen molar-refractivity contribution in [2.75, 3.05) is 18.0 Å². The lowest BCUT2D eigenvalue weighted by atomic mass is 10.1. The minimum atomic E-state index is -0.430. The van der Waals surface area contributed by atoms with Crippen molar-refractivity contribution in [3.63, 3.8) is 0 Å². The van der Waals surface area contributed by atoms with E-state index in [9.17, 15) is 10.1 Å². The Balaban J connectivity index is 2.43. The van der Waals surface area contributed by atoms with Crippen LogP contribution < -0.4 is 4.90 Å². The average Bonchev–Trinajstić information content (AvgIpc) is 2.81. The van der Waals surface area contributed by atoms with Crippen molar-refractivity contribution in [1.82, 2.24) is 0 Å². The molecule has 0 unspecified atom stereocenters. The SMILES string of the molecule is N#Cc1ccc([N+](=O)[O-])cc1N1CCCC1. The maximum atomic E-state index is 10.7. The molecule has 0 radical (unpaired) electrons. The van der Waals surface area contributed by atoms with Gasteiger partial charge in [-0.2, -0.15) is 5.26 Å². The topological polar surface area (TPSA) is 70.2 Å². The van der Waals surface area contributed by atoms with Gasteiger partial charge in [0.25, 0.3) is 5.69 Å². The third-order valence-corrected chi connectivity index (χ3v) is 2.76. The zero-order chi connectivity index (χ0) is 11.5. The number of hydrogen-bond donors (Lipinski definition) is 0. The van der Waals surface area contributed by atoms with Crippen LogP contribution in [0.25, 0.3) is 0 Å². The van der Waals surface area contributed by atoms with Crippen LogP contribution in [0.3, 0.4) is 0 Å². The molecule has 0 aliphatic carbocycles. The number of hydrogen-bond acceptors (Lipinski definition) is 4. The van der Waals surface area contributed by atoms with E-state index in [1.165, 1.54) is 18.2 Å². The Kier molecular flexibility index (Phi) is 2.73. The highest BCUT2D eigenvalue weighted by molar-refractivity contribution is 5.64. The molecule has 1 heterocycles. The Morgan fingerprint density at radius 3 is 2.62 bits per heavy atom. The van der Waals surface area contributed by atoms with Crippen LogP contribution in [0.15, 0.2) is 18.2 Å². The number of non-ortho nitro benzene ring substituents is 1. The molecular weight excluding hydrogens is 206 g/mol. The van der Waals surface area contributed by atoms with Gasteiger partial charge in [-0.25, -0.2) is 0 Å². The summed E-state index contributed by atoms with van der Waals surface area (Å²) in [5.41, 5.74) is 1.24. The van der Waals surface area contributed by atoms with E-state index in [-0.39, 0.29) is 5.69 Å². The molecule has 82 valence electrons. The quantitative estimate of drug-likeness (QED) is 0.561. The van der Waals surface area contributed by atoms with Crippen molar-refractivity contribution in [2.45, 2.75) is 12.8 Å². The number of nitriles is 1. The van der Waals surface area contributed by atoms with Crippen LogP contribution in [0, 0.1) is 21.4 Å². The van der Waals surface area contributed by atoms with Crippen molar-refractivity contribution in [2.24, 2.45) is 0 Å². The van der Waals surface area contributed by atoms with Crippen LogP contribution in [0.2, 0.25) is 0 Å². The molecule has 1 aromatic carbocycles. The summed E-state index contributed by atoms with van der Waals surface area (Å²) < 4.78 is 0. The van der Waals surface area contributed by atoms with E-state index in [1.54, 1.807) is 0 Å². The fraction of sp³-hybridized carbons (Fsp3) is 0.364. The normalized spacial score (nSPS) is 14.8. The molecule has 5 nitrogen and oxygen atoms in total. The van der Waals surface area contributed by atoms with Crippen LogP contribution in [-0.2, 0) is 0 Å². The number of nitrogens with zero attached hydrogens (tertiary/aromatic N) is 3. The van der Waals surface area contributed by atoms with E-state index in [0.717, 1.165) is 25.9 Å². The average molecular weight is 217 g/mol. The maximum Gasteiger partial charge on any atom is 0.271 e. The second kappa shape index (κ2) is 4.19. The largest absolute Gasteiger partial charge is 0.370 e. The van der Waals surface area contributed by atoms with Gasteiger partial charge in [0.15, 0.2) is 0 Å². The minimum absolute atomic E-state index is 0.0425. The molecule has 0 amide bonds. The van der Waals surface area contributed by atoms with E-state index < -0.39 is 4.92 Å². The number of nitro benzene ring substituents is 1. The predicted octanol–water partition coefficient (Wildman–Crippen LogP) is 2.07. The van der Waals surface area contributed by atoms with Gasteiger partial charge in [-0.3, -0.25) is 10.1 Å². The van der Waals surface area contributed by atoms with Crippen LogP contribution in [0.1, 0.15) is 18.4 Å². The molecule has 16 heavy (non-hydrogen) atoms. The number of benzene rings is 1. The number of anilines is 1. The first-order chi connectivity index (χ1) is 7.72. The van der Waals surface area contributed by atoms with E-state index in [0.29, 0.717) is 11.3 Å². The Bertz CT molecular complexity index is 459. The summed E-state index contributed by atoms with van der Waals surface area (Å²) in [5.74, 6) is 0. The summed E-state index contributed by atoms with van der Waals surface area (Å²) in [7, 11) is 0. The monoisotopic (exact) mass is 217 g/mol. The van der Waals surface area contributed by atoms with Crippen molar-refractivity contribution in [1.29, 1.82) is 5.26 Å². The van der Waals surface area contributed by atoms with Gasteiger partial charge in [0.2, 0.25) is 0 Å².